The quantitative estimate of drug-likeness (QED) is 0.445. The van der Waals surface area contributed by atoms with Crippen molar-refractivity contribution in [1.82, 2.24) is 9.55 Å². The summed E-state index contributed by atoms with van der Waals surface area (Å²) in [6.45, 7) is 1.60. The highest BCUT2D eigenvalue weighted by atomic mass is 79.9. The van der Waals surface area contributed by atoms with Gasteiger partial charge in [0.2, 0.25) is 5.82 Å². The molecule has 6 nitrogen and oxygen atoms in total. The summed E-state index contributed by atoms with van der Waals surface area (Å²) in [5, 5.41) is 10.8. The number of Topliss-reactive ketones (excluding diaryl/α,β-unsaturated/α-hetero) is 1. The molecule has 2 rings (SSSR count). The zero-order valence-electron chi connectivity index (χ0n) is 10.3. The molecule has 0 saturated heterocycles. The number of nitro groups is 1. The molecule has 0 unspecified atom stereocenters. The second kappa shape index (κ2) is 5.84. The van der Waals surface area contributed by atoms with Gasteiger partial charge in [0.05, 0.1) is 6.54 Å². The van der Waals surface area contributed by atoms with Crippen LogP contribution in [0.1, 0.15) is 16.2 Å². The van der Waals surface area contributed by atoms with E-state index in [2.05, 4.69) is 36.8 Å². The molecule has 1 heterocycles. The second-order valence-corrected chi connectivity index (χ2v) is 5.63. The maximum Gasteiger partial charge on any atom is 0.396 e. The number of ketones is 1. The van der Waals surface area contributed by atoms with Gasteiger partial charge in [-0.2, -0.15) is 0 Å². The predicted molar refractivity (Wildman–Crippen MR) is 79.8 cm³/mol. The maximum atomic E-state index is 12.2. The van der Waals surface area contributed by atoms with Crippen LogP contribution in [0.15, 0.2) is 33.3 Å². The number of aryl methyl sites for hydroxylation is 1. The Morgan fingerprint density at radius 2 is 2.05 bits per heavy atom. The third-order valence-electron chi connectivity index (χ3n) is 2.73. The fourth-order valence-electron chi connectivity index (χ4n) is 1.74. The average Bonchev–Trinajstić information content (AvgIpc) is 2.67. The summed E-state index contributed by atoms with van der Waals surface area (Å²) < 4.78 is 2.36. The fourth-order valence-corrected chi connectivity index (χ4v) is 2.86. The van der Waals surface area contributed by atoms with Crippen molar-refractivity contribution in [3.05, 3.63) is 54.8 Å². The zero-order valence-corrected chi connectivity index (χ0v) is 13.5. The smallest absolute Gasteiger partial charge is 0.358 e. The number of carbonyl (C=O) groups excluding carboxylic acids is 1. The Kier molecular flexibility index (Phi) is 4.34. The summed E-state index contributed by atoms with van der Waals surface area (Å²) in [6, 6.07) is 7.03. The van der Waals surface area contributed by atoms with Gasteiger partial charge in [0.15, 0.2) is 10.4 Å². The lowest BCUT2D eigenvalue weighted by Crippen LogP contribution is -2.12. The number of rotatable bonds is 4. The van der Waals surface area contributed by atoms with Gasteiger partial charge in [0, 0.05) is 17.0 Å². The Bertz CT molecular complexity index is 697. The molecule has 0 bridgehead atoms. The van der Waals surface area contributed by atoms with Gasteiger partial charge in [-0.15, -0.1) is 0 Å². The van der Waals surface area contributed by atoms with Crippen LogP contribution in [0.5, 0.6) is 0 Å². The standard InChI is InChI=1S/C12H9Br2N3O3/c1-7-15-12(17(19)20)11(14)16(7)6-10(18)8-4-2-3-5-9(8)13/h2-5H,6H2,1H3. The van der Waals surface area contributed by atoms with Crippen molar-refractivity contribution >= 4 is 43.5 Å². The highest BCUT2D eigenvalue weighted by molar-refractivity contribution is 9.10. The van der Waals surface area contributed by atoms with Gasteiger partial charge in [0.1, 0.15) is 0 Å². The van der Waals surface area contributed by atoms with Crippen molar-refractivity contribution < 1.29 is 9.72 Å². The highest BCUT2D eigenvalue weighted by Gasteiger charge is 2.25. The first-order chi connectivity index (χ1) is 9.41. The number of hydrogen-bond donors (Lipinski definition) is 0. The summed E-state index contributed by atoms with van der Waals surface area (Å²) in [7, 11) is 0. The Morgan fingerprint density at radius 3 is 2.60 bits per heavy atom. The van der Waals surface area contributed by atoms with Crippen molar-refractivity contribution in [2.45, 2.75) is 13.5 Å². The second-order valence-electron chi connectivity index (χ2n) is 4.02. The Hall–Kier alpha value is -1.54. The molecule has 0 aliphatic heterocycles. The van der Waals surface area contributed by atoms with E-state index in [1.54, 1.807) is 25.1 Å². The van der Waals surface area contributed by atoms with E-state index in [-0.39, 0.29) is 22.7 Å². The van der Waals surface area contributed by atoms with Gasteiger partial charge < -0.3 is 10.1 Å². The molecule has 8 heteroatoms. The molecule has 2 aromatic rings. The lowest BCUT2D eigenvalue weighted by Gasteiger charge is -2.05. The number of halogens is 2. The number of aromatic nitrogens is 2. The molecule has 0 radical (unpaired) electrons. The van der Waals surface area contributed by atoms with Crippen LogP contribution < -0.4 is 0 Å². The number of carbonyl (C=O) groups is 1. The van der Waals surface area contributed by atoms with E-state index in [0.717, 1.165) is 0 Å². The molecule has 0 aliphatic carbocycles. The molecule has 104 valence electrons. The summed E-state index contributed by atoms with van der Waals surface area (Å²) in [5.74, 6) is -0.0417. The summed E-state index contributed by atoms with van der Waals surface area (Å²) in [5.41, 5.74) is 0.523. The van der Waals surface area contributed by atoms with E-state index >= 15 is 0 Å². The fraction of sp³-hybridized carbons (Fsp3) is 0.167. The summed E-state index contributed by atoms with van der Waals surface area (Å²) >= 11 is 6.43. The lowest BCUT2D eigenvalue weighted by atomic mass is 10.1. The monoisotopic (exact) mass is 401 g/mol. The molecule has 0 saturated carbocycles. The molecule has 20 heavy (non-hydrogen) atoms. The minimum absolute atomic E-state index is 0.0180. The molecule has 1 aromatic heterocycles. The number of nitrogens with zero attached hydrogens (tertiary/aromatic N) is 3. The van der Waals surface area contributed by atoms with Gasteiger partial charge in [-0.1, -0.05) is 34.1 Å². The maximum absolute atomic E-state index is 12.2. The minimum atomic E-state index is -0.587. The van der Waals surface area contributed by atoms with E-state index < -0.39 is 4.92 Å². The summed E-state index contributed by atoms with van der Waals surface area (Å²) in [6.07, 6.45) is 0. The topological polar surface area (TPSA) is 78.0 Å². The van der Waals surface area contributed by atoms with Crippen LogP contribution in [0.4, 0.5) is 5.82 Å². The SMILES string of the molecule is Cc1nc([N+](=O)[O-])c(Br)n1CC(=O)c1ccccc1Br. The molecule has 0 fully saturated rings. The molecule has 0 spiro atoms. The van der Waals surface area contributed by atoms with Crippen LogP contribution in [0.2, 0.25) is 0 Å². The van der Waals surface area contributed by atoms with Crippen molar-refractivity contribution in [3.63, 3.8) is 0 Å². The van der Waals surface area contributed by atoms with Crippen LogP contribution >= 0.6 is 31.9 Å². The van der Waals surface area contributed by atoms with E-state index in [9.17, 15) is 14.9 Å². The van der Waals surface area contributed by atoms with Crippen LogP contribution in [0.25, 0.3) is 0 Å². The Balaban J connectivity index is 2.34. The normalized spacial score (nSPS) is 10.6. The van der Waals surface area contributed by atoms with Gasteiger partial charge in [-0.3, -0.25) is 9.36 Å². The largest absolute Gasteiger partial charge is 0.396 e. The van der Waals surface area contributed by atoms with Crippen molar-refractivity contribution in [1.29, 1.82) is 0 Å². The first-order valence-corrected chi connectivity index (χ1v) is 7.15. The number of benzene rings is 1. The van der Waals surface area contributed by atoms with Gasteiger partial charge in [-0.05, 0) is 31.9 Å². The molecule has 0 amide bonds. The van der Waals surface area contributed by atoms with E-state index in [4.69, 9.17) is 0 Å². The van der Waals surface area contributed by atoms with Crippen LogP contribution in [0.3, 0.4) is 0 Å². The van der Waals surface area contributed by atoms with Crippen molar-refractivity contribution in [3.8, 4) is 0 Å². The Morgan fingerprint density at radius 1 is 1.40 bits per heavy atom. The van der Waals surface area contributed by atoms with E-state index in [1.165, 1.54) is 4.57 Å². The first kappa shape index (κ1) is 14.9. The number of hydrogen-bond acceptors (Lipinski definition) is 4. The zero-order chi connectivity index (χ0) is 14.9. The van der Waals surface area contributed by atoms with Crippen molar-refractivity contribution in [2.75, 3.05) is 0 Å². The van der Waals surface area contributed by atoms with Gasteiger partial charge in [0.25, 0.3) is 0 Å². The third-order valence-corrected chi connectivity index (χ3v) is 4.20. The van der Waals surface area contributed by atoms with E-state index in [0.29, 0.717) is 15.9 Å². The predicted octanol–water partition coefficient (Wildman–Crippen LogP) is 3.51. The van der Waals surface area contributed by atoms with Gasteiger partial charge >= 0.3 is 5.82 Å². The van der Waals surface area contributed by atoms with Crippen LogP contribution in [-0.4, -0.2) is 20.3 Å². The van der Waals surface area contributed by atoms with Crippen LogP contribution in [-0.2, 0) is 6.54 Å². The first-order valence-electron chi connectivity index (χ1n) is 5.56. The van der Waals surface area contributed by atoms with E-state index in [1.807, 2.05) is 6.07 Å². The summed E-state index contributed by atoms with van der Waals surface area (Å²) in [4.78, 5) is 26.3. The minimum Gasteiger partial charge on any atom is -0.358 e. The third kappa shape index (κ3) is 2.80. The average molecular weight is 403 g/mol. The molecule has 0 atom stereocenters. The van der Waals surface area contributed by atoms with Gasteiger partial charge in [-0.25, -0.2) is 0 Å². The lowest BCUT2D eigenvalue weighted by molar-refractivity contribution is -0.390. The molecular weight excluding hydrogens is 394 g/mol. The molecule has 0 N–H and O–H groups in total. The highest BCUT2D eigenvalue weighted by Crippen LogP contribution is 2.26. The molecule has 1 aromatic carbocycles. The van der Waals surface area contributed by atoms with Crippen LogP contribution in [0, 0.1) is 17.0 Å². The van der Waals surface area contributed by atoms with Crippen molar-refractivity contribution in [2.24, 2.45) is 0 Å². The Labute approximate surface area is 131 Å². The number of imidazole rings is 1. The molecule has 0 aliphatic rings. The molecular formula is C12H9Br2N3O3.